The summed E-state index contributed by atoms with van der Waals surface area (Å²) in [6.45, 7) is 2.28. The summed E-state index contributed by atoms with van der Waals surface area (Å²) < 4.78 is 20.8. The molecule has 1 saturated heterocycles. The van der Waals surface area contributed by atoms with Gasteiger partial charge in [0.1, 0.15) is 0 Å². The van der Waals surface area contributed by atoms with Gasteiger partial charge in [-0.25, -0.2) is 0 Å². The maximum atomic E-state index is 10.4. The van der Waals surface area contributed by atoms with Crippen molar-refractivity contribution in [3.05, 3.63) is 0 Å². The Morgan fingerprint density at radius 3 is 2.92 bits per heavy atom. The minimum absolute atomic E-state index is 0.233. The van der Waals surface area contributed by atoms with Gasteiger partial charge in [-0.3, -0.25) is 9.11 Å². The van der Waals surface area contributed by atoms with Gasteiger partial charge in [-0.1, -0.05) is 17.5 Å². The van der Waals surface area contributed by atoms with E-state index in [2.05, 4.69) is 4.90 Å². The molecule has 0 aromatic carbocycles. The molecule has 0 aliphatic carbocycles. The van der Waals surface area contributed by atoms with Gasteiger partial charge in [0, 0.05) is 24.9 Å². The lowest BCUT2D eigenvalue weighted by atomic mass is 10.0. The van der Waals surface area contributed by atoms with E-state index in [1.807, 2.05) is 0 Å². The number of likely N-dealkylation sites (tertiary alicyclic amines) is 1. The van der Waals surface area contributed by atoms with Crippen molar-refractivity contribution in [2.75, 3.05) is 25.4 Å². The third-order valence-corrected chi connectivity index (χ3v) is 3.08. The van der Waals surface area contributed by atoms with Crippen molar-refractivity contribution in [3.63, 3.8) is 0 Å². The van der Waals surface area contributed by atoms with E-state index in [0.717, 1.165) is 13.0 Å². The molecule has 0 amide bonds. The van der Waals surface area contributed by atoms with Crippen LogP contribution in [0, 0.1) is 0 Å². The van der Waals surface area contributed by atoms with Crippen LogP contribution < -0.4 is 5.73 Å². The standard InChI is InChI=1S/C8H18N2O2S/c9-7-8-3-1-2-4-10(8)5-6-13(11)12/h8H,1-7,9H2,(H,11,12)/p-1. The molecular weight excluding hydrogens is 188 g/mol. The van der Waals surface area contributed by atoms with Gasteiger partial charge in [0.25, 0.3) is 0 Å². The topological polar surface area (TPSA) is 69.4 Å². The minimum Gasteiger partial charge on any atom is -0.772 e. The molecule has 0 spiro atoms. The summed E-state index contributed by atoms with van der Waals surface area (Å²) in [6, 6.07) is 0.400. The highest BCUT2D eigenvalue weighted by Crippen LogP contribution is 2.15. The predicted molar refractivity (Wildman–Crippen MR) is 52.1 cm³/mol. The third kappa shape index (κ3) is 3.72. The van der Waals surface area contributed by atoms with Crippen molar-refractivity contribution in [1.82, 2.24) is 4.90 Å². The van der Waals surface area contributed by atoms with Crippen LogP contribution in [-0.4, -0.2) is 45.1 Å². The average molecular weight is 205 g/mol. The van der Waals surface area contributed by atoms with E-state index in [9.17, 15) is 8.76 Å². The van der Waals surface area contributed by atoms with Crippen LogP contribution in [0.15, 0.2) is 0 Å². The normalized spacial score (nSPS) is 27.4. The molecule has 78 valence electrons. The minimum atomic E-state index is -1.92. The second-order valence-corrected chi connectivity index (χ2v) is 4.44. The largest absolute Gasteiger partial charge is 0.772 e. The highest BCUT2D eigenvalue weighted by atomic mass is 32.2. The van der Waals surface area contributed by atoms with Gasteiger partial charge in [-0.05, 0) is 19.4 Å². The van der Waals surface area contributed by atoms with Crippen LogP contribution >= 0.6 is 0 Å². The van der Waals surface area contributed by atoms with E-state index < -0.39 is 11.1 Å². The van der Waals surface area contributed by atoms with E-state index in [1.165, 1.54) is 12.8 Å². The molecule has 1 aliphatic rings. The fraction of sp³-hybridized carbons (Fsp3) is 1.00. The Kier molecular flexibility index (Phi) is 4.87. The monoisotopic (exact) mass is 205 g/mol. The average Bonchev–Trinajstić information content (AvgIpc) is 2.15. The zero-order valence-corrected chi connectivity index (χ0v) is 8.59. The zero-order chi connectivity index (χ0) is 9.68. The molecule has 1 rings (SSSR count). The summed E-state index contributed by atoms with van der Waals surface area (Å²) in [6.07, 6.45) is 3.50. The second kappa shape index (κ2) is 5.70. The Morgan fingerprint density at radius 1 is 1.54 bits per heavy atom. The van der Waals surface area contributed by atoms with Gasteiger partial charge >= 0.3 is 0 Å². The molecule has 1 aliphatic heterocycles. The number of hydrogen-bond acceptors (Lipinski definition) is 4. The molecule has 2 N–H and O–H groups in total. The lowest BCUT2D eigenvalue weighted by Gasteiger charge is -2.35. The Morgan fingerprint density at radius 2 is 2.31 bits per heavy atom. The van der Waals surface area contributed by atoms with Crippen molar-refractivity contribution in [2.24, 2.45) is 5.73 Å². The summed E-state index contributed by atoms with van der Waals surface area (Å²) in [5, 5.41) is 0. The van der Waals surface area contributed by atoms with Crippen LogP contribution in [0.1, 0.15) is 19.3 Å². The van der Waals surface area contributed by atoms with Crippen LogP contribution in [0.3, 0.4) is 0 Å². The quantitative estimate of drug-likeness (QED) is 0.639. The highest BCUT2D eigenvalue weighted by molar-refractivity contribution is 7.79. The molecule has 13 heavy (non-hydrogen) atoms. The first-order chi connectivity index (χ1) is 6.24. The fourth-order valence-corrected chi connectivity index (χ4v) is 2.20. The smallest absolute Gasteiger partial charge is 0.0230 e. The van der Waals surface area contributed by atoms with E-state index in [-0.39, 0.29) is 5.75 Å². The van der Waals surface area contributed by atoms with Gasteiger partial charge in [-0.2, -0.15) is 0 Å². The molecule has 1 fully saturated rings. The second-order valence-electron chi connectivity index (χ2n) is 3.43. The van der Waals surface area contributed by atoms with E-state index in [0.29, 0.717) is 19.1 Å². The molecule has 1 heterocycles. The number of rotatable bonds is 4. The van der Waals surface area contributed by atoms with Crippen LogP contribution in [0.5, 0.6) is 0 Å². The van der Waals surface area contributed by atoms with Gasteiger partial charge < -0.3 is 10.3 Å². The van der Waals surface area contributed by atoms with Crippen molar-refractivity contribution < 1.29 is 8.76 Å². The zero-order valence-electron chi connectivity index (χ0n) is 7.78. The predicted octanol–water partition coefficient (Wildman–Crippen LogP) is -0.321. The third-order valence-electron chi connectivity index (χ3n) is 2.57. The molecule has 0 aromatic rings. The first kappa shape index (κ1) is 11.1. The van der Waals surface area contributed by atoms with Crippen LogP contribution in [0.25, 0.3) is 0 Å². The first-order valence-corrected chi connectivity index (χ1v) is 5.98. The molecule has 0 radical (unpaired) electrons. The molecule has 0 aromatic heterocycles. The number of hydrogen-bond donors (Lipinski definition) is 1. The maximum Gasteiger partial charge on any atom is 0.0230 e. The van der Waals surface area contributed by atoms with Crippen molar-refractivity contribution in [2.45, 2.75) is 25.3 Å². The Hall–Kier alpha value is 0.0300. The Labute approximate surface area is 81.8 Å². The molecule has 0 saturated carbocycles. The first-order valence-electron chi connectivity index (χ1n) is 4.74. The molecule has 5 heteroatoms. The van der Waals surface area contributed by atoms with Gasteiger partial charge in [0.15, 0.2) is 0 Å². The fourth-order valence-electron chi connectivity index (χ4n) is 1.81. The van der Waals surface area contributed by atoms with Crippen LogP contribution in [0.2, 0.25) is 0 Å². The highest BCUT2D eigenvalue weighted by Gasteiger charge is 2.19. The number of piperidine rings is 1. The van der Waals surface area contributed by atoms with Crippen molar-refractivity contribution >= 4 is 11.1 Å². The van der Waals surface area contributed by atoms with Gasteiger partial charge in [0.2, 0.25) is 0 Å². The summed E-state index contributed by atoms with van der Waals surface area (Å²) >= 11 is -1.92. The van der Waals surface area contributed by atoms with Crippen LogP contribution in [-0.2, 0) is 11.1 Å². The Bertz CT molecular complexity index is 178. The van der Waals surface area contributed by atoms with E-state index in [4.69, 9.17) is 5.73 Å². The van der Waals surface area contributed by atoms with Crippen molar-refractivity contribution in [3.8, 4) is 0 Å². The molecule has 4 nitrogen and oxygen atoms in total. The van der Waals surface area contributed by atoms with Gasteiger partial charge in [-0.15, -0.1) is 0 Å². The molecule has 2 atom stereocenters. The molecule has 2 unspecified atom stereocenters. The van der Waals surface area contributed by atoms with E-state index >= 15 is 0 Å². The summed E-state index contributed by atoms with van der Waals surface area (Å²) in [5.74, 6) is 0.233. The lowest BCUT2D eigenvalue weighted by Crippen LogP contribution is -2.45. The lowest BCUT2D eigenvalue weighted by molar-refractivity contribution is 0.162. The van der Waals surface area contributed by atoms with Gasteiger partial charge in [0.05, 0.1) is 0 Å². The van der Waals surface area contributed by atoms with E-state index in [1.54, 1.807) is 0 Å². The SMILES string of the molecule is NCC1CCCCN1CCS(=O)[O-]. The number of nitrogens with two attached hydrogens (primary N) is 1. The van der Waals surface area contributed by atoms with Crippen LogP contribution in [0.4, 0.5) is 0 Å². The summed E-state index contributed by atoms with van der Waals surface area (Å²) in [5.41, 5.74) is 5.60. The Balaban J connectivity index is 2.31. The maximum absolute atomic E-state index is 10.4. The molecule has 0 bridgehead atoms. The summed E-state index contributed by atoms with van der Waals surface area (Å²) in [4.78, 5) is 2.19. The van der Waals surface area contributed by atoms with Crippen molar-refractivity contribution in [1.29, 1.82) is 0 Å². The molecular formula is C8H17N2O2S-. The number of nitrogens with zero attached hydrogens (tertiary/aromatic N) is 1. The summed E-state index contributed by atoms with van der Waals surface area (Å²) in [7, 11) is 0.